The van der Waals surface area contributed by atoms with Gasteiger partial charge in [-0.05, 0) is 60.9 Å². The molecule has 0 aromatic heterocycles. The first-order valence-corrected chi connectivity index (χ1v) is 8.91. The molecule has 1 nitrogen and oxygen atoms in total. The maximum Gasteiger partial charge on any atom is 0.416 e. The molecule has 1 aliphatic carbocycles. The van der Waals surface area contributed by atoms with Crippen LogP contribution in [0.5, 0.6) is 0 Å². The van der Waals surface area contributed by atoms with Crippen molar-refractivity contribution in [3.05, 3.63) is 70.3 Å². The molecule has 2 aromatic carbocycles. The number of halogens is 4. The van der Waals surface area contributed by atoms with Gasteiger partial charge in [0, 0.05) is 18.5 Å². The van der Waals surface area contributed by atoms with Crippen LogP contribution in [-0.2, 0) is 19.0 Å². The van der Waals surface area contributed by atoms with Gasteiger partial charge < -0.3 is 5.32 Å². The third-order valence-corrected chi connectivity index (χ3v) is 5.79. The first kappa shape index (κ1) is 19.2. The summed E-state index contributed by atoms with van der Waals surface area (Å²) in [6.07, 6.45) is -1.57. The van der Waals surface area contributed by atoms with Gasteiger partial charge in [-0.3, -0.25) is 0 Å². The van der Waals surface area contributed by atoms with E-state index < -0.39 is 11.7 Å². The van der Waals surface area contributed by atoms with Crippen LogP contribution in [0, 0.1) is 12.8 Å². The fourth-order valence-electron chi connectivity index (χ4n) is 4.60. The van der Waals surface area contributed by atoms with Crippen LogP contribution in [0.15, 0.2) is 42.5 Å². The molecule has 2 aliphatic rings. The molecule has 0 amide bonds. The summed E-state index contributed by atoms with van der Waals surface area (Å²) < 4.78 is 38.9. The molecular formula is C21H23ClF3N. The third kappa shape index (κ3) is 3.63. The second-order valence-corrected chi connectivity index (χ2v) is 7.43. The Morgan fingerprint density at radius 3 is 2.65 bits per heavy atom. The average Bonchev–Trinajstić information content (AvgIpc) is 2.97. The van der Waals surface area contributed by atoms with Crippen LogP contribution in [0.4, 0.5) is 13.2 Å². The van der Waals surface area contributed by atoms with Gasteiger partial charge in [-0.15, -0.1) is 12.4 Å². The van der Waals surface area contributed by atoms with Crippen molar-refractivity contribution < 1.29 is 13.2 Å². The van der Waals surface area contributed by atoms with E-state index in [0.717, 1.165) is 36.9 Å². The molecule has 1 aliphatic heterocycles. The third-order valence-electron chi connectivity index (χ3n) is 5.79. The highest BCUT2D eigenvalue weighted by atomic mass is 35.5. The maximum absolute atomic E-state index is 13.0. The number of rotatable bonds is 2. The van der Waals surface area contributed by atoms with E-state index in [1.165, 1.54) is 23.3 Å². The van der Waals surface area contributed by atoms with Crippen LogP contribution in [0.25, 0.3) is 0 Å². The van der Waals surface area contributed by atoms with E-state index in [9.17, 15) is 13.2 Å². The number of aryl methyl sites for hydroxylation is 2. The number of benzene rings is 2. The van der Waals surface area contributed by atoms with Crippen molar-refractivity contribution in [2.45, 2.75) is 44.3 Å². The predicted molar refractivity (Wildman–Crippen MR) is 99.9 cm³/mol. The lowest BCUT2D eigenvalue weighted by molar-refractivity contribution is -0.137. The standard InChI is InChI=1S/C21H22F3N.ClH/c1-13-3-2-4-14(9-13)10-20-18-7-5-15-11-16(21(22,23)24)6-8-17(15)19(18)12-25-20;/h2-4,6,8-9,11,18-20,25H,5,7,10,12H2,1H3;1H/t18?,19-,20-;/m1./s1. The molecule has 1 unspecified atom stereocenters. The molecule has 1 saturated heterocycles. The zero-order chi connectivity index (χ0) is 17.6. The quantitative estimate of drug-likeness (QED) is 0.744. The van der Waals surface area contributed by atoms with Crippen LogP contribution in [0.1, 0.15) is 40.2 Å². The number of alkyl halides is 3. The summed E-state index contributed by atoms with van der Waals surface area (Å²) in [7, 11) is 0. The van der Waals surface area contributed by atoms with Crippen molar-refractivity contribution in [1.29, 1.82) is 0 Å². The number of fused-ring (bicyclic) bond motifs is 3. The predicted octanol–water partition coefficient (Wildman–Crippen LogP) is 5.30. The zero-order valence-electron chi connectivity index (χ0n) is 14.6. The Morgan fingerprint density at radius 1 is 1.12 bits per heavy atom. The molecule has 140 valence electrons. The number of hydrogen-bond donors (Lipinski definition) is 1. The molecule has 26 heavy (non-hydrogen) atoms. The van der Waals surface area contributed by atoms with E-state index in [4.69, 9.17) is 0 Å². The van der Waals surface area contributed by atoms with E-state index in [1.54, 1.807) is 6.07 Å². The molecule has 2 aromatic rings. The van der Waals surface area contributed by atoms with Gasteiger partial charge in [-0.25, -0.2) is 0 Å². The van der Waals surface area contributed by atoms with Gasteiger partial charge in [0.05, 0.1) is 5.56 Å². The van der Waals surface area contributed by atoms with Gasteiger partial charge in [-0.1, -0.05) is 35.9 Å². The Balaban J connectivity index is 0.00000196. The fraction of sp³-hybridized carbons (Fsp3) is 0.429. The van der Waals surface area contributed by atoms with E-state index in [2.05, 4.69) is 36.5 Å². The summed E-state index contributed by atoms with van der Waals surface area (Å²) in [5.41, 5.74) is 4.07. The van der Waals surface area contributed by atoms with Crippen LogP contribution < -0.4 is 5.32 Å². The van der Waals surface area contributed by atoms with Crippen molar-refractivity contribution in [3.8, 4) is 0 Å². The summed E-state index contributed by atoms with van der Waals surface area (Å²) in [5.74, 6) is 0.839. The zero-order valence-corrected chi connectivity index (χ0v) is 15.5. The SMILES string of the molecule is Cc1cccc(C[C@H]2NC[C@@H]3c4ccc(C(F)(F)F)cc4CCC32)c1.Cl. The summed E-state index contributed by atoms with van der Waals surface area (Å²) in [6, 6.07) is 13.3. The number of hydrogen-bond acceptors (Lipinski definition) is 1. The molecule has 1 heterocycles. The van der Waals surface area contributed by atoms with Gasteiger partial charge in [0.15, 0.2) is 0 Å². The minimum absolute atomic E-state index is 0. The van der Waals surface area contributed by atoms with Gasteiger partial charge in [0.2, 0.25) is 0 Å². The minimum Gasteiger partial charge on any atom is -0.313 e. The van der Waals surface area contributed by atoms with E-state index in [0.29, 0.717) is 17.9 Å². The second-order valence-electron chi connectivity index (χ2n) is 7.43. The van der Waals surface area contributed by atoms with Gasteiger partial charge in [0.1, 0.15) is 0 Å². The largest absolute Gasteiger partial charge is 0.416 e. The molecule has 4 rings (SSSR count). The Labute approximate surface area is 158 Å². The van der Waals surface area contributed by atoms with E-state index in [1.807, 2.05) is 0 Å². The highest BCUT2D eigenvalue weighted by Gasteiger charge is 2.40. The Morgan fingerprint density at radius 2 is 1.92 bits per heavy atom. The minimum atomic E-state index is -4.26. The van der Waals surface area contributed by atoms with Crippen molar-refractivity contribution >= 4 is 12.4 Å². The first-order chi connectivity index (χ1) is 11.9. The highest BCUT2D eigenvalue weighted by Crippen LogP contribution is 2.43. The smallest absolute Gasteiger partial charge is 0.313 e. The molecule has 0 saturated carbocycles. The van der Waals surface area contributed by atoms with E-state index >= 15 is 0 Å². The Bertz CT molecular complexity index is 787. The van der Waals surface area contributed by atoms with Gasteiger partial charge in [-0.2, -0.15) is 13.2 Å². The summed E-state index contributed by atoms with van der Waals surface area (Å²) in [6.45, 7) is 2.96. The van der Waals surface area contributed by atoms with Crippen molar-refractivity contribution in [2.24, 2.45) is 5.92 Å². The summed E-state index contributed by atoms with van der Waals surface area (Å²) in [4.78, 5) is 0. The monoisotopic (exact) mass is 381 g/mol. The molecule has 0 radical (unpaired) electrons. The lowest BCUT2D eigenvalue weighted by atomic mass is 9.73. The normalized spacial score (nSPS) is 24.5. The summed E-state index contributed by atoms with van der Waals surface area (Å²) >= 11 is 0. The first-order valence-electron chi connectivity index (χ1n) is 8.91. The topological polar surface area (TPSA) is 12.0 Å². The van der Waals surface area contributed by atoms with Crippen LogP contribution in [-0.4, -0.2) is 12.6 Å². The Kier molecular flexibility index (Phi) is 5.36. The Hall–Kier alpha value is -1.52. The van der Waals surface area contributed by atoms with Gasteiger partial charge in [0.25, 0.3) is 0 Å². The van der Waals surface area contributed by atoms with E-state index in [-0.39, 0.29) is 12.4 Å². The molecule has 0 spiro atoms. The average molecular weight is 382 g/mol. The fourth-order valence-corrected chi connectivity index (χ4v) is 4.60. The van der Waals surface area contributed by atoms with Gasteiger partial charge >= 0.3 is 6.18 Å². The van der Waals surface area contributed by atoms with Crippen molar-refractivity contribution in [2.75, 3.05) is 6.54 Å². The van der Waals surface area contributed by atoms with Crippen molar-refractivity contribution in [1.82, 2.24) is 5.32 Å². The molecular weight excluding hydrogens is 359 g/mol. The van der Waals surface area contributed by atoms with Crippen LogP contribution in [0.2, 0.25) is 0 Å². The van der Waals surface area contributed by atoms with Crippen LogP contribution in [0.3, 0.4) is 0 Å². The van der Waals surface area contributed by atoms with Crippen LogP contribution >= 0.6 is 12.4 Å². The maximum atomic E-state index is 13.0. The molecule has 0 bridgehead atoms. The lowest BCUT2D eigenvalue weighted by Crippen LogP contribution is -2.31. The number of nitrogens with one attached hydrogen (secondary N) is 1. The highest BCUT2D eigenvalue weighted by molar-refractivity contribution is 5.85. The van der Waals surface area contributed by atoms with Crippen molar-refractivity contribution in [3.63, 3.8) is 0 Å². The lowest BCUT2D eigenvalue weighted by Gasteiger charge is -2.31. The molecule has 1 fully saturated rings. The summed E-state index contributed by atoms with van der Waals surface area (Å²) in [5, 5.41) is 3.63. The molecule has 1 N–H and O–H groups in total. The molecule has 3 atom stereocenters. The molecule has 5 heteroatoms. The second kappa shape index (κ2) is 7.24.